The molecule has 140 valence electrons. The Kier molecular flexibility index (Phi) is 9.96. The molecule has 0 saturated heterocycles. The minimum atomic E-state index is -5.08. The molecule has 6 nitrogen and oxygen atoms in total. The fourth-order valence-corrected chi connectivity index (χ4v) is 2.37. The van der Waals surface area contributed by atoms with Gasteiger partial charge in [0, 0.05) is 18.4 Å². The largest absolute Gasteiger partial charge is 0.490 e. The second-order valence-electron chi connectivity index (χ2n) is 5.24. The summed E-state index contributed by atoms with van der Waals surface area (Å²) in [6, 6.07) is 0.640. The van der Waals surface area contributed by atoms with Crippen LogP contribution in [0.3, 0.4) is 0 Å². The van der Waals surface area contributed by atoms with Crippen LogP contribution in [0, 0.1) is 17.8 Å². The van der Waals surface area contributed by atoms with Crippen molar-refractivity contribution >= 4 is 16.1 Å². The Morgan fingerprint density at radius 3 is 2.17 bits per heavy atom. The second kappa shape index (κ2) is 10.5. The van der Waals surface area contributed by atoms with E-state index >= 15 is 0 Å². The molecular formula is C14H22F3NO5S. The van der Waals surface area contributed by atoms with E-state index in [-0.39, 0.29) is 6.61 Å². The number of aliphatic carboxylic acids is 1. The van der Waals surface area contributed by atoms with E-state index in [0.717, 1.165) is 19.1 Å². The fourth-order valence-electron chi connectivity index (χ4n) is 1.99. The molecule has 0 aromatic heterocycles. The summed E-state index contributed by atoms with van der Waals surface area (Å²) in [5, 5.41) is 10.4. The third-order valence-corrected chi connectivity index (χ3v) is 3.80. The first kappa shape index (κ1) is 22.7. The summed E-state index contributed by atoms with van der Waals surface area (Å²) in [5.74, 6) is 3.91. The van der Waals surface area contributed by atoms with E-state index in [1.165, 1.54) is 12.8 Å². The second-order valence-corrected chi connectivity index (χ2v) is 6.88. The third kappa shape index (κ3) is 12.2. The molecule has 1 aliphatic carbocycles. The minimum absolute atomic E-state index is 0.164. The van der Waals surface area contributed by atoms with Gasteiger partial charge in [0.05, 0.1) is 12.9 Å². The van der Waals surface area contributed by atoms with Crippen LogP contribution in [0.1, 0.15) is 32.1 Å². The molecule has 2 N–H and O–H groups in total. The number of carboxylic acid groups (broad SMARTS) is 1. The maximum atomic E-state index is 10.7. The first-order valence-electron chi connectivity index (χ1n) is 7.26. The number of hydrogen-bond donors (Lipinski definition) is 2. The maximum absolute atomic E-state index is 10.7. The van der Waals surface area contributed by atoms with Crippen molar-refractivity contribution in [3.8, 4) is 11.8 Å². The van der Waals surface area contributed by atoms with Crippen LogP contribution in [-0.2, 0) is 19.1 Å². The highest BCUT2D eigenvalue weighted by atomic mass is 32.2. The van der Waals surface area contributed by atoms with Crippen LogP contribution in [0.2, 0.25) is 0 Å². The van der Waals surface area contributed by atoms with Crippen molar-refractivity contribution in [1.82, 2.24) is 5.32 Å². The van der Waals surface area contributed by atoms with Crippen LogP contribution in [0.15, 0.2) is 0 Å². The van der Waals surface area contributed by atoms with Crippen LogP contribution in [-0.4, -0.2) is 51.6 Å². The van der Waals surface area contributed by atoms with Crippen molar-refractivity contribution in [2.45, 2.75) is 44.3 Å². The molecule has 0 aliphatic heterocycles. The average Bonchev–Trinajstić information content (AvgIpc) is 2.46. The molecule has 24 heavy (non-hydrogen) atoms. The van der Waals surface area contributed by atoms with Gasteiger partial charge in [-0.25, -0.2) is 4.79 Å². The lowest BCUT2D eigenvalue weighted by molar-refractivity contribution is -0.192. The Balaban J connectivity index is 0.000000640. The van der Waals surface area contributed by atoms with E-state index in [4.69, 9.17) is 9.90 Å². The Labute approximate surface area is 139 Å². The van der Waals surface area contributed by atoms with Crippen molar-refractivity contribution in [2.24, 2.45) is 5.92 Å². The standard InChI is InChI=1S/C12H21NO3S.C2HF3O2/c1-13-12-8-6-11(7-9-12)5-3-4-10-16-17(2,14)15;3-2(4,5)1(6)7/h11-13H,4,6-10H2,1-2H3;(H,6,7). The Hall–Kier alpha value is -1.31. The monoisotopic (exact) mass is 373 g/mol. The summed E-state index contributed by atoms with van der Waals surface area (Å²) in [6.07, 6.45) is 1.07. The summed E-state index contributed by atoms with van der Waals surface area (Å²) >= 11 is 0. The van der Waals surface area contributed by atoms with Crippen molar-refractivity contribution in [3.63, 3.8) is 0 Å². The summed E-state index contributed by atoms with van der Waals surface area (Å²) in [7, 11) is -1.32. The molecule has 0 radical (unpaired) electrons. The number of alkyl halides is 3. The number of halogens is 3. The van der Waals surface area contributed by atoms with Gasteiger partial charge >= 0.3 is 12.1 Å². The van der Waals surface area contributed by atoms with Crippen molar-refractivity contribution < 1.29 is 35.7 Å². The van der Waals surface area contributed by atoms with E-state index in [9.17, 15) is 21.6 Å². The van der Waals surface area contributed by atoms with Crippen LogP contribution >= 0.6 is 0 Å². The maximum Gasteiger partial charge on any atom is 0.490 e. The highest BCUT2D eigenvalue weighted by molar-refractivity contribution is 7.85. The molecule has 1 saturated carbocycles. The minimum Gasteiger partial charge on any atom is -0.475 e. The van der Waals surface area contributed by atoms with Gasteiger partial charge in [-0.05, 0) is 32.7 Å². The molecule has 1 aliphatic rings. The molecule has 0 spiro atoms. The quantitative estimate of drug-likeness (QED) is 0.443. The predicted molar refractivity (Wildman–Crippen MR) is 81.7 cm³/mol. The van der Waals surface area contributed by atoms with Crippen molar-refractivity contribution in [1.29, 1.82) is 0 Å². The first-order valence-corrected chi connectivity index (χ1v) is 9.07. The van der Waals surface area contributed by atoms with Crippen LogP contribution in [0.5, 0.6) is 0 Å². The molecule has 0 amide bonds. The van der Waals surface area contributed by atoms with Gasteiger partial charge in [-0.15, -0.1) is 5.92 Å². The van der Waals surface area contributed by atoms with Crippen molar-refractivity contribution in [3.05, 3.63) is 0 Å². The molecule has 1 rings (SSSR count). The van der Waals surface area contributed by atoms with E-state index in [2.05, 4.69) is 21.3 Å². The molecule has 0 aromatic carbocycles. The lowest BCUT2D eigenvalue weighted by atomic mass is 9.86. The van der Waals surface area contributed by atoms with E-state index in [1.807, 2.05) is 7.05 Å². The highest BCUT2D eigenvalue weighted by Crippen LogP contribution is 2.23. The lowest BCUT2D eigenvalue weighted by Crippen LogP contribution is -2.29. The smallest absolute Gasteiger partial charge is 0.475 e. The Morgan fingerprint density at radius 2 is 1.79 bits per heavy atom. The molecule has 1 fully saturated rings. The number of rotatable bonds is 4. The number of nitrogens with one attached hydrogen (secondary N) is 1. The van der Waals surface area contributed by atoms with Gasteiger partial charge in [-0.1, -0.05) is 5.92 Å². The number of carboxylic acids is 1. The molecule has 0 atom stereocenters. The number of carbonyl (C=O) groups is 1. The SMILES string of the molecule is CNC1CCC(C#CCCOS(C)(=O)=O)CC1.O=C(O)C(F)(F)F. The molecule has 0 aromatic rings. The van der Waals surface area contributed by atoms with Gasteiger partial charge in [0.15, 0.2) is 0 Å². The first-order chi connectivity index (χ1) is 11.0. The summed E-state index contributed by atoms with van der Waals surface area (Å²) in [4.78, 5) is 8.90. The molecule has 10 heteroatoms. The Bertz CT molecular complexity index is 543. The lowest BCUT2D eigenvalue weighted by Gasteiger charge is -2.24. The Morgan fingerprint density at radius 1 is 1.29 bits per heavy atom. The normalized spacial score (nSPS) is 21.0. The molecule has 0 unspecified atom stereocenters. The van der Waals surface area contributed by atoms with E-state index < -0.39 is 22.3 Å². The average molecular weight is 373 g/mol. The van der Waals surface area contributed by atoms with E-state index in [0.29, 0.717) is 18.4 Å². The fraction of sp³-hybridized carbons (Fsp3) is 0.786. The van der Waals surface area contributed by atoms with Gasteiger partial charge in [-0.2, -0.15) is 21.6 Å². The van der Waals surface area contributed by atoms with Crippen LogP contribution in [0.25, 0.3) is 0 Å². The molecule has 0 bridgehead atoms. The highest BCUT2D eigenvalue weighted by Gasteiger charge is 2.38. The van der Waals surface area contributed by atoms with Crippen molar-refractivity contribution in [2.75, 3.05) is 19.9 Å². The zero-order chi connectivity index (χ0) is 18.8. The predicted octanol–water partition coefficient (Wildman–Crippen LogP) is 1.77. The van der Waals surface area contributed by atoms with Crippen LogP contribution < -0.4 is 5.32 Å². The van der Waals surface area contributed by atoms with Gasteiger partial charge in [0.25, 0.3) is 10.1 Å². The third-order valence-electron chi connectivity index (χ3n) is 3.21. The van der Waals surface area contributed by atoms with Gasteiger partial charge in [0.2, 0.25) is 0 Å². The summed E-state index contributed by atoms with van der Waals surface area (Å²) in [5.41, 5.74) is 0. The summed E-state index contributed by atoms with van der Waals surface area (Å²) in [6.45, 7) is 0.164. The topological polar surface area (TPSA) is 92.7 Å². The van der Waals surface area contributed by atoms with Crippen LogP contribution in [0.4, 0.5) is 13.2 Å². The zero-order valence-corrected chi connectivity index (χ0v) is 14.3. The molecule has 0 heterocycles. The number of hydrogen-bond acceptors (Lipinski definition) is 5. The summed E-state index contributed by atoms with van der Waals surface area (Å²) < 4.78 is 57.7. The van der Waals surface area contributed by atoms with Gasteiger partial charge in [-0.3, -0.25) is 4.18 Å². The van der Waals surface area contributed by atoms with Gasteiger partial charge < -0.3 is 10.4 Å². The zero-order valence-electron chi connectivity index (χ0n) is 13.5. The molecular weight excluding hydrogens is 351 g/mol. The van der Waals surface area contributed by atoms with Gasteiger partial charge in [0.1, 0.15) is 0 Å². The van der Waals surface area contributed by atoms with E-state index in [1.54, 1.807) is 0 Å².